The fourth-order valence-electron chi connectivity index (χ4n) is 10.8. The predicted molar refractivity (Wildman–Crippen MR) is 315 cm³/mol. The number of nitrogens with one attached hydrogen (secondary N) is 1. The van der Waals surface area contributed by atoms with Gasteiger partial charge in [-0.3, -0.25) is 9.59 Å². The molecule has 0 heterocycles. The molecule has 72 heavy (non-hydrogen) atoms. The smallest absolute Gasteiger partial charge is 0.305 e. The quantitative estimate of drug-likeness (QED) is 0.0417. The maximum atomic E-state index is 12.5. The molecule has 0 aromatic heterocycles. The van der Waals surface area contributed by atoms with Crippen LogP contribution in [0.15, 0.2) is 0 Å². The van der Waals surface area contributed by atoms with E-state index in [9.17, 15) is 19.8 Å². The summed E-state index contributed by atoms with van der Waals surface area (Å²) in [6, 6.07) is -0.539. The third kappa shape index (κ3) is 58.1. The number of amides is 1. The van der Waals surface area contributed by atoms with E-state index < -0.39 is 12.1 Å². The largest absolute Gasteiger partial charge is 0.466 e. The van der Waals surface area contributed by atoms with E-state index in [-0.39, 0.29) is 18.5 Å². The second-order valence-electron chi connectivity index (χ2n) is 23.2. The number of rotatable bonds is 63. The summed E-state index contributed by atoms with van der Waals surface area (Å²) in [5.41, 5.74) is 0. The molecule has 0 aliphatic carbocycles. The molecule has 0 bridgehead atoms. The van der Waals surface area contributed by atoms with E-state index in [1.54, 1.807) is 0 Å². The fraction of sp³-hybridized carbons (Fsp3) is 0.970. The molecule has 6 heteroatoms. The van der Waals surface area contributed by atoms with Gasteiger partial charge in [-0.15, -0.1) is 0 Å². The van der Waals surface area contributed by atoms with Crippen molar-refractivity contribution in [3.05, 3.63) is 0 Å². The van der Waals surface area contributed by atoms with Crippen LogP contribution in [0.3, 0.4) is 0 Å². The second-order valence-corrected chi connectivity index (χ2v) is 23.2. The van der Waals surface area contributed by atoms with Crippen LogP contribution in [-0.4, -0.2) is 47.4 Å². The van der Waals surface area contributed by atoms with Gasteiger partial charge in [0.15, 0.2) is 0 Å². The van der Waals surface area contributed by atoms with Crippen molar-refractivity contribution in [2.24, 2.45) is 0 Å². The lowest BCUT2D eigenvalue weighted by Gasteiger charge is -2.22. The third-order valence-corrected chi connectivity index (χ3v) is 15.9. The van der Waals surface area contributed by atoms with Crippen molar-refractivity contribution in [3.8, 4) is 0 Å². The highest BCUT2D eigenvalue weighted by Gasteiger charge is 2.20. The molecule has 1 amide bonds. The molecule has 6 nitrogen and oxygen atoms in total. The molecule has 0 aliphatic rings. The van der Waals surface area contributed by atoms with Crippen molar-refractivity contribution >= 4 is 11.9 Å². The zero-order valence-electron chi connectivity index (χ0n) is 49.2. The van der Waals surface area contributed by atoms with Crippen LogP contribution in [-0.2, 0) is 14.3 Å². The molecule has 430 valence electrons. The maximum absolute atomic E-state index is 12.5. The summed E-state index contributed by atoms with van der Waals surface area (Å²) in [5, 5.41) is 23.3. The van der Waals surface area contributed by atoms with Gasteiger partial charge in [-0.05, 0) is 25.7 Å². The molecule has 0 saturated carbocycles. The third-order valence-electron chi connectivity index (χ3n) is 15.9. The number of hydrogen-bond acceptors (Lipinski definition) is 5. The topological polar surface area (TPSA) is 95.9 Å². The normalized spacial score (nSPS) is 12.4. The van der Waals surface area contributed by atoms with E-state index in [2.05, 4.69) is 19.2 Å². The van der Waals surface area contributed by atoms with Gasteiger partial charge in [0.1, 0.15) is 0 Å². The monoisotopic (exact) mass is 1020 g/mol. The fourth-order valence-corrected chi connectivity index (χ4v) is 10.8. The molecule has 0 spiro atoms. The Kier molecular flexibility index (Phi) is 61.4. The van der Waals surface area contributed by atoms with Crippen LogP contribution in [0.4, 0.5) is 0 Å². The lowest BCUT2D eigenvalue weighted by molar-refractivity contribution is -0.143. The van der Waals surface area contributed by atoms with Crippen molar-refractivity contribution in [1.82, 2.24) is 5.32 Å². The predicted octanol–water partition coefficient (Wildman–Crippen LogP) is 21.0. The summed E-state index contributed by atoms with van der Waals surface area (Å²) in [4.78, 5) is 24.6. The lowest BCUT2D eigenvalue weighted by Crippen LogP contribution is -2.45. The Morgan fingerprint density at radius 1 is 0.333 bits per heavy atom. The van der Waals surface area contributed by atoms with Gasteiger partial charge < -0.3 is 20.3 Å². The summed E-state index contributed by atoms with van der Waals surface area (Å²) in [7, 11) is 0. The summed E-state index contributed by atoms with van der Waals surface area (Å²) in [5.74, 6) is -0.0104. The molecular formula is C66H131NO5. The Hall–Kier alpha value is -1.14. The SMILES string of the molecule is CCCCCCCCCCCCCCCCCCC(O)C(CO)NC(=O)CCCCCCCCCCCCCCCCCCCCCCCCCCOC(=O)CCCCCCCCCCCCCCCCC. The molecule has 0 aromatic carbocycles. The molecule has 0 aromatic rings. The Morgan fingerprint density at radius 2 is 0.569 bits per heavy atom. The van der Waals surface area contributed by atoms with Gasteiger partial charge in [0.2, 0.25) is 5.91 Å². The van der Waals surface area contributed by atoms with Crippen LogP contribution in [0, 0.1) is 0 Å². The van der Waals surface area contributed by atoms with Crippen LogP contribution < -0.4 is 5.32 Å². The van der Waals surface area contributed by atoms with E-state index in [0.29, 0.717) is 25.9 Å². The first-order valence-electron chi connectivity index (χ1n) is 33.3. The highest BCUT2D eigenvalue weighted by Crippen LogP contribution is 2.19. The van der Waals surface area contributed by atoms with Gasteiger partial charge in [-0.25, -0.2) is 0 Å². The molecular weight excluding hydrogens is 887 g/mol. The van der Waals surface area contributed by atoms with Gasteiger partial charge >= 0.3 is 5.97 Å². The number of esters is 1. The van der Waals surface area contributed by atoms with Crippen molar-refractivity contribution in [3.63, 3.8) is 0 Å². The van der Waals surface area contributed by atoms with Crippen LogP contribution in [0.2, 0.25) is 0 Å². The van der Waals surface area contributed by atoms with Gasteiger partial charge in [0.25, 0.3) is 0 Å². The minimum absolute atomic E-state index is 0.0196. The Balaban J connectivity index is 3.34. The first-order chi connectivity index (χ1) is 35.5. The van der Waals surface area contributed by atoms with Crippen molar-refractivity contribution in [2.75, 3.05) is 13.2 Å². The number of hydrogen-bond donors (Lipinski definition) is 3. The van der Waals surface area contributed by atoms with E-state index in [0.717, 1.165) is 38.5 Å². The van der Waals surface area contributed by atoms with Crippen LogP contribution in [0.25, 0.3) is 0 Å². The number of carbonyl (C=O) groups excluding carboxylic acids is 2. The lowest BCUT2D eigenvalue weighted by atomic mass is 10.0. The van der Waals surface area contributed by atoms with E-state index in [1.807, 2.05) is 0 Å². The average molecular weight is 1020 g/mol. The number of unbranched alkanes of at least 4 members (excludes halogenated alkanes) is 52. The van der Waals surface area contributed by atoms with Gasteiger partial charge in [0.05, 0.1) is 25.4 Å². The molecule has 0 aliphatic heterocycles. The first-order valence-corrected chi connectivity index (χ1v) is 33.3. The van der Waals surface area contributed by atoms with E-state index in [1.165, 1.54) is 315 Å². The summed E-state index contributed by atoms with van der Waals surface area (Å²) in [6.07, 6.45) is 74.1. The van der Waals surface area contributed by atoms with Crippen LogP contribution >= 0.6 is 0 Å². The Labute approximate surface area is 451 Å². The highest BCUT2D eigenvalue weighted by atomic mass is 16.5. The minimum Gasteiger partial charge on any atom is -0.466 e. The van der Waals surface area contributed by atoms with Crippen molar-refractivity contribution < 1.29 is 24.5 Å². The molecule has 3 N–H and O–H groups in total. The van der Waals surface area contributed by atoms with E-state index in [4.69, 9.17) is 4.74 Å². The first kappa shape index (κ1) is 70.9. The molecule has 0 radical (unpaired) electrons. The molecule has 0 fully saturated rings. The zero-order valence-corrected chi connectivity index (χ0v) is 49.2. The summed E-state index contributed by atoms with van der Waals surface area (Å²) >= 11 is 0. The summed E-state index contributed by atoms with van der Waals surface area (Å²) in [6.45, 7) is 5.00. The summed E-state index contributed by atoms with van der Waals surface area (Å²) < 4.78 is 5.50. The van der Waals surface area contributed by atoms with Crippen LogP contribution in [0.1, 0.15) is 386 Å². The maximum Gasteiger partial charge on any atom is 0.305 e. The number of carbonyl (C=O) groups is 2. The Morgan fingerprint density at radius 3 is 0.847 bits per heavy atom. The molecule has 2 unspecified atom stereocenters. The number of ether oxygens (including phenoxy) is 1. The second kappa shape index (κ2) is 62.4. The molecule has 0 saturated heterocycles. The van der Waals surface area contributed by atoms with Gasteiger partial charge in [-0.1, -0.05) is 348 Å². The molecule has 0 rings (SSSR count). The average Bonchev–Trinajstić information content (AvgIpc) is 3.38. The Bertz CT molecular complexity index is 1040. The minimum atomic E-state index is -0.662. The van der Waals surface area contributed by atoms with Gasteiger partial charge in [0, 0.05) is 12.8 Å². The zero-order chi connectivity index (χ0) is 52.2. The number of aliphatic hydroxyl groups excluding tert-OH is 2. The van der Waals surface area contributed by atoms with Gasteiger partial charge in [-0.2, -0.15) is 0 Å². The number of aliphatic hydroxyl groups is 2. The molecule has 2 atom stereocenters. The highest BCUT2D eigenvalue weighted by molar-refractivity contribution is 5.76. The van der Waals surface area contributed by atoms with Crippen molar-refractivity contribution in [2.45, 2.75) is 398 Å². The van der Waals surface area contributed by atoms with Crippen LogP contribution in [0.5, 0.6) is 0 Å². The van der Waals surface area contributed by atoms with E-state index >= 15 is 0 Å². The standard InChI is InChI=1S/C66H131NO5/c1-3-5-7-9-11-13-15-17-19-31-34-38-42-46-50-54-58-64(69)63(62-68)67-65(70)59-55-51-47-43-39-35-32-28-26-24-22-20-21-23-25-27-29-33-37-41-45-49-53-57-61-72-66(71)60-56-52-48-44-40-36-30-18-16-14-12-10-8-6-4-2/h63-64,68-69H,3-62H2,1-2H3,(H,67,70). The van der Waals surface area contributed by atoms with Crippen molar-refractivity contribution in [1.29, 1.82) is 0 Å².